The van der Waals surface area contributed by atoms with E-state index in [-0.39, 0.29) is 24.4 Å². The zero-order valence-electron chi connectivity index (χ0n) is 15.9. The SMILES string of the molecule is Cc1c(S(=O)(=O)N2CCCC(C(=O)NC3CCCC3)C2)sc2ccc(Cl)cc12. The molecule has 1 aliphatic carbocycles. The van der Waals surface area contributed by atoms with Gasteiger partial charge in [-0.15, -0.1) is 11.3 Å². The van der Waals surface area contributed by atoms with E-state index < -0.39 is 10.0 Å². The van der Waals surface area contributed by atoms with Crippen molar-refractivity contribution in [1.29, 1.82) is 0 Å². The van der Waals surface area contributed by atoms with Crippen molar-refractivity contribution in [2.45, 2.75) is 55.7 Å². The summed E-state index contributed by atoms with van der Waals surface area (Å²) in [4.78, 5) is 12.7. The number of halogens is 1. The van der Waals surface area contributed by atoms with Crippen molar-refractivity contribution in [3.05, 3.63) is 28.8 Å². The number of hydrogen-bond donors (Lipinski definition) is 1. The maximum absolute atomic E-state index is 13.3. The number of benzene rings is 1. The molecular weight excluding hydrogens is 416 g/mol. The summed E-state index contributed by atoms with van der Waals surface area (Å²) in [6.45, 7) is 2.55. The lowest BCUT2D eigenvalue weighted by molar-refractivity contribution is -0.126. The van der Waals surface area contributed by atoms with Crippen molar-refractivity contribution in [3.8, 4) is 0 Å². The van der Waals surface area contributed by atoms with Gasteiger partial charge in [-0.3, -0.25) is 4.79 Å². The van der Waals surface area contributed by atoms with Crippen LogP contribution >= 0.6 is 22.9 Å². The number of carbonyl (C=O) groups excluding carboxylic acids is 1. The van der Waals surface area contributed by atoms with Crippen LogP contribution in [0.1, 0.15) is 44.1 Å². The van der Waals surface area contributed by atoms with Crippen LogP contribution in [0.5, 0.6) is 0 Å². The van der Waals surface area contributed by atoms with Crippen molar-refractivity contribution < 1.29 is 13.2 Å². The molecule has 0 bridgehead atoms. The predicted octanol–water partition coefficient (Wildman–Crippen LogP) is 4.32. The molecule has 1 saturated heterocycles. The van der Waals surface area contributed by atoms with Crippen LogP contribution in [0, 0.1) is 12.8 Å². The van der Waals surface area contributed by atoms with Gasteiger partial charge in [-0.25, -0.2) is 8.42 Å². The quantitative estimate of drug-likeness (QED) is 0.769. The fourth-order valence-corrected chi connectivity index (χ4v) is 7.87. The zero-order chi connectivity index (χ0) is 19.9. The Morgan fingerprint density at radius 1 is 1.21 bits per heavy atom. The van der Waals surface area contributed by atoms with Gasteiger partial charge in [0.2, 0.25) is 5.91 Å². The molecule has 2 fully saturated rings. The van der Waals surface area contributed by atoms with E-state index in [4.69, 9.17) is 11.6 Å². The van der Waals surface area contributed by atoms with Gasteiger partial charge in [-0.2, -0.15) is 4.31 Å². The highest BCUT2D eigenvalue weighted by Gasteiger charge is 2.36. The Labute approximate surface area is 175 Å². The monoisotopic (exact) mass is 440 g/mol. The number of sulfonamides is 1. The number of hydrogen-bond acceptors (Lipinski definition) is 4. The summed E-state index contributed by atoms with van der Waals surface area (Å²) in [5, 5.41) is 4.60. The second kappa shape index (κ2) is 7.94. The molecule has 1 unspecified atom stereocenters. The fourth-order valence-electron chi connectivity index (χ4n) is 4.30. The van der Waals surface area contributed by atoms with Crippen molar-refractivity contribution in [1.82, 2.24) is 9.62 Å². The molecule has 0 spiro atoms. The highest BCUT2D eigenvalue weighted by molar-refractivity contribution is 7.91. The average Bonchev–Trinajstić information content (AvgIpc) is 3.30. The minimum atomic E-state index is -3.63. The molecule has 2 aliphatic rings. The lowest BCUT2D eigenvalue weighted by Gasteiger charge is -2.31. The minimum absolute atomic E-state index is 0.00615. The van der Waals surface area contributed by atoms with Crippen LogP contribution in [0.3, 0.4) is 0 Å². The molecule has 1 amide bonds. The number of carbonyl (C=O) groups is 1. The number of rotatable bonds is 4. The molecular formula is C20H25ClN2O3S2. The summed E-state index contributed by atoms with van der Waals surface area (Å²) in [6.07, 6.45) is 5.83. The minimum Gasteiger partial charge on any atom is -0.353 e. The van der Waals surface area contributed by atoms with Gasteiger partial charge >= 0.3 is 0 Å². The Balaban J connectivity index is 1.55. The molecule has 1 aliphatic heterocycles. The first-order chi connectivity index (χ1) is 13.4. The van der Waals surface area contributed by atoms with Crippen molar-refractivity contribution in [2.75, 3.05) is 13.1 Å². The third kappa shape index (κ3) is 3.82. The van der Waals surface area contributed by atoms with Crippen LogP contribution < -0.4 is 5.32 Å². The van der Waals surface area contributed by atoms with Gasteiger partial charge in [0, 0.05) is 28.9 Å². The number of piperidine rings is 1. The molecule has 5 nitrogen and oxygen atoms in total. The van der Waals surface area contributed by atoms with Crippen LogP contribution in [0.25, 0.3) is 10.1 Å². The zero-order valence-corrected chi connectivity index (χ0v) is 18.3. The van der Waals surface area contributed by atoms with E-state index in [2.05, 4.69) is 5.32 Å². The van der Waals surface area contributed by atoms with Crippen LogP contribution in [-0.4, -0.2) is 37.8 Å². The topological polar surface area (TPSA) is 66.5 Å². The molecule has 2 heterocycles. The molecule has 1 atom stereocenters. The van der Waals surface area contributed by atoms with E-state index in [1.54, 1.807) is 6.07 Å². The molecule has 1 aromatic heterocycles. The van der Waals surface area contributed by atoms with Gasteiger partial charge in [0.1, 0.15) is 4.21 Å². The molecule has 1 aromatic carbocycles. The summed E-state index contributed by atoms with van der Waals surface area (Å²) < 4.78 is 29.5. The second-order valence-electron chi connectivity index (χ2n) is 7.85. The van der Waals surface area contributed by atoms with E-state index in [9.17, 15) is 13.2 Å². The molecule has 28 heavy (non-hydrogen) atoms. The van der Waals surface area contributed by atoms with E-state index in [0.29, 0.717) is 22.2 Å². The lowest BCUT2D eigenvalue weighted by atomic mass is 9.98. The van der Waals surface area contributed by atoms with Crippen molar-refractivity contribution in [3.63, 3.8) is 0 Å². The first-order valence-corrected chi connectivity index (χ1v) is 12.5. The van der Waals surface area contributed by atoms with Gasteiger partial charge in [-0.05, 0) is 61.8 Å². The Bertz CT molecular complexity index is 996. The molecule has 0 radical (unpaired) electrons. The first-order valence-electron chi connectivity index (χ1n) is 9.85. The maximum Gasteiger partial charge on any atom is 0.252 e. The summed E-state index contributed by atoms with van der Waals surface area (Å²) in [6, 6.07) is 5.72. The number of amides is 1. The lowest BCUT2D eigenvalue weighted by Crippen LogP contribution is -2.47. The fraction of sp³-hybridized carbons (Fsp3) is 0.550. The number of aryl methyl sites for hydroxylation is 1. The Hall–Kier alpha value is -1.15. The van der Waals surface area contributed by atoms with Gasteiger partial charge in [-0.1, -0.05) is 24.4 Å². The predicted molar refractivity (Wildman–Crippen MR) is 113 cm³/mol. The molecule has 2 aromatic rings. The molecule has 1 saturated carbocycles. The van der Waals surface area contributed by atoms with Crippen LogP contribution in [-0.2, 0) is 14.8 Å². The van der Waals surface area contributed by atoms with Gasteiger partial charge in [0.15, 0.2) is 0 Å². The Morgan fingerprint density at radius 2 is 1.96 bits per heavy atom. The van der Waals surface area contributed by atoms with E-state index >= 15 is 0 Å². The van der Waals surface area contributed by atoms with Crippen molar-refractivity contribution in [2.24, 2.45) is 5.92 Å². The first kappa shape index (κ1) is 20.1. The molecule has 1 N–H and O–H groups in total. The van der Waals surface area contributed by atoms with Crippen LogP contribution in [0.4, 0.5) is 0 Å². The van der Waals surface area contributed by atoms with Crippen LogP contribution in [0.2, 0.25) is 5.02 Å². The number of thiophene rings is 1. The normalized spacial score (nSPS) is 22.0. The molecule has 8 heteroatoms. The second-order valence-corrected chi connectivity index (χ2v) is 11.5. The highest BCUT2D eigenvalue weighted by atomic mass is 35.5. The van der Waals surface area contributed by atoms with E-state index in [0.717, 1.165) is 47.8 Å². The highest BCUT2D eigenvalue weighted by Crippen LogP contribution is 2.38. The summed E-state index contributed by atoms with van der Waals surface area (Å²) in [5.41, 5.74) is 0.736. The summed E-state index contributed by atoms with van der Waals surface area (Å²) in [7, 11) is -3.63. The average molecular weight is 441 g/mol. The third-order valence-corrected chi connectivity index (χ3v) is 9.86. The molecule has 152 valence electrons. The van der Waals surface area contributed by atoms with E-state index in [1.165, 1.54) is 15.6 Å². The van der Waals surface area contributed by atoms with E-state index in [1.807, 2.05) is 19.1 Å². The molecule has 4 rings (SSSR count). The summed E-state index contributed by atoms with van der Waals surface area (Å²) in [5.74, 6) is -0.264. The van der Waals surface area contributed by atoms with Gasteiger partial charge < -0.3 is 5.32 Å². The third-order valence-electron chi connectivity index (χ3n) is 5.89. The maximum atomic E-state index is 13.3. The van der Waals surface area contributed by atoms with Gasteiger partial charge in [0.05, 0.1) is 5.92 Å². The van der Waals surface area contributed by atoms with Crippen LogP contribution in [0.15, 0.2) is 22.4 Å². The number of nitrogens with zero attached hydrogens (tertiary/aromatic N) is 1. The number of fused-ring (bicyclic) bond motifs is 1. The van der Waals surface area contributed by atoms with Gasteiger partial charge in [0.25, 0.3) is 10.0 Å². The number of nitrogens with one attached hydrogen (secondary N) is 1. The Kier molecular flexibility index (Phi) is 5.71. The van der Waals surface area contributed by atoms with Crippen molar-refractivity contribution >= 4 is 49.0 Å². The standard InChI is InChI=1S/C20H25ClN2O3S2/c1-13-17-11-15(21)8-9-18(17)27-20(13)28(25,26)23-10-4-5-14(12-23)19(24)22-16-6-2-3-7-16/h8-9,11,14,16H,2-7,10,12H2,1H3,(H,22,24). The smallest absolute Gasteiger partial charge is 0.252 e. The summed E-state index contributed by atoms with van der Waals surface area (Å²) >= 11 is 7.37. The largest absolute Gasteiger partial charge is 0.353 e. The Morgan fingerprint density at radius 3 is 2.71 bits per heavy atom.